The second-order valence-corrected chi connectivity index (χ2v) is 8.28. The molecule has 7 heteroatoms. The molecule has 7 nitrogen and oxygen atoms in total. The van der Waals surface area contributed by atoms with Gasteiger partial charge >= 0.3 is 0 Å². The smallest absolute Gasteiger partial charge is 0.228 e. The van der Waals surface area contributed by atoms with E-state index in [4.69, 9.17) is 4.74 Å². The minimum Gasteiger partial charge on any atom is -0.497 e. The maximum absolute atomic E-state index is 12.4. The number of carbonyl (C=O) groups excluding carboxylic acids is 1. The van der Waals surface area contributed by atoms with Gasteiger partial charge in [-0.3, -0.25) is 9.48 Å². The quantitative estimate of drug-likeness (QED) is 0.570. The summed E-state index contributed by atoms with van der Waals surface area (Å²) in [6.45, 7) is 2.91. The van der Waals surface area contributed by atoms with Crippen LogP contribution < -0.4 is 20.3 Å². The van der Waals surface area contributed by atoms with Crippen LogP contribution in [-0.4, -0.2) is 41.9 Å². The van der Waals surface area contributed by atoms with E-state index in [0.29, 0.717) is 12.5 Å². The van der Waals surface area contributed by atoms with Gasteiger partial charge in [0.2, 0.25) is 5.91 Å². The number of aromatic nitrogens is 2. The molecule has 1 aromatic heterocycles. The third kappa shape index (κ3) is 5.88. The van der Waals surface area contributed by atoms with Gasteiger partial charge < -0.3 is 20.3 Å². The first kappa shape index (κ1) is 21.9. The first-order chi connectivity index (χ1) is 15.6. The lowest BCUT2D eigenvalue weighted by atomic mass is 10.0. The second kappa shape index (κ2) is 10.3. The molecule has 1 fully saturated rings. The predicted molar refractivity (Wildman–Crippen MR) is 127 cm³/mol. The van der Waals surface area contributed by atoms with Crippen molar-refractivity contribution in [3.05, 3.63) is 72.1 Å². The van der Waals surface area contributed by atoms with Crippen molar-refractivity contribution < 1.29 is 9.53 Å². The molecule has 4 rings (SSSR count). The van der Waals surface area contributed by atoms with E-state index in [9.17, 15) is 4.79 Å². The highest BCUT2D eigenvalue weighted by atomic mass is 16.5. The number of amides is 1. The lowest BCUT2D eigenvalue weighted by Gasteiger charge is -2.34. The molecule has 0 saturated carbocycles. The highest BCUT2D eigenvalue weighted by Gasteiger charge is 2.19. The minimum atomic E-state index is -0.0246. The van der Waals surface area contributed by atoms with Gasteiger partial charge in [0.15, 0.2) is 0 Å². The Balaban J connectivity index is 1.22. The molecule has 0 bridgehead atoms. The molecule has 32 heavy (non-hydrogen) atoms. The van der Waals surface area contributed by atoms with E-state index in [2.05, 4.69) is 39.0 Å². The SMILES string of the molecule is COc1ccc(CC(=O)Nc2ccc(N3CCC(NCc4cnn(C)c4)CC3)cc2)cc1. The summed E-state index contributed by atoms with van der Waals surface area (Å²) in [5.74, 6) is 0.765. The Morgan fingerprint density at radius 2 is 1.78 bits per heavy atom. The number of anilines is 2. The fraction of sp³-hybridized carbons (Fsp3) is 0.360. The summed E-state index contributed by atoms with van der Waals surface area (Å²) in [6.07, 6.45) is 6.53. The van der Waals surface area contributed by atoms with Crippen LogP contribution in [-0.2, 0) is 24.8 Å². The minimum absolute atomic E-state index is 0.0246. The van der Waals surface area contributed by atoms with Crippen LogP contribution in [0.15, 0.2) is 60.9 Å². The number of nitrogens with one attached hydrogen (secondary N) is 2. The number of nitrogens with zero attached hydrogens (tertiary/aromatic N) is 3. The fourth-order valence-electron chi connectivity index (χ4n) is 4.06. The summed E-state index contributed by atoms with van der Waals surface area (Å²) in [7, 11) is 3.58. The molecule has 0 atom stereocenters. The van der Waals surface area contributed by atoms with Crippen LogP contribution in [0.4, 0.5) is 11.4 Å². The molecular formula is C25H31N5O2. The van der Waals surface area contributed by atoms with E-state index < -0.39 is 0 Å². The molecule has 1 amide bonds. The average Bonchev–Trinajstić information content (AvgIpc) is 3.24. The number of hydrogen-bond acceptors (Lipinski definition) is 5. The number of rotatable bonds is 8. The van der Waals surface area contributed by atoms with Crippen molar-refractivity contribution in [2.45, 2.75) is 31.8 Å². The first-order valence-corrected chi connectivity index (χ1v) is 11.1. The molecule has 1 saturated heterocycles. The molecule has 0 unspecified atom stereocenters. The highest BCUT2D eigenvalue weighted by Crippen LogP contribution is 2.22. The molecule has 3 aromatic rings. The van der Waals surface area contributed by atoms with Gasteiger partial charge in [0, 0.05) is 55.9 Å². The van der Waals surface area contributed by atoms with E-state index in [1.807, 2.05) is 54.3 Å². The van der Waals surface area contributed by atoms with Crippen molar-refractivity contribution in [3.8, 4) is 5.75 Å². The Morgan fingerprint density at radius 3 is 2.41 bits per heavy atom. The standard InChI is InChI=1S/C25H31N5O2/c1-29-18-20(17-27-29)16-26-21-11-13-30(14-12-21)23-7-5-22(6-8-23)28-25(31)15-19-3-9-24(32-2)10-4-19/h3-10,17-18,21,26H,11-16H2,1-2H3,(H,28,31). The lowest BCUT2D eigenvalue weighted by molar-refractivity contribution is -0.115. The van der Waals surface area contributed by atoms with Gasteiger partial charge in [-0.15, -0.1) is 0 Å². The van der Waals surface area contributed by atoms with E-state index in [-0.39, 0.29) is 5.91 Å². The zero-order chi connectivity index (χ0) is 22.3. The number of hydrogen-bond donors (Lipinski definition) is 2. The molecule has 1 aliphatic heterocycles. The molecule has 0 spiro atoms. The zero-order valence-corrected chi connectivity index (χ0v) is 18.8. The van der Waals surface area contributed by atoms with Crippen LogP contribution in [0, 0.1) is 0 Å². The summed E-state index contributed by atoms with van der Waals surface area (Å²) in [6, 6.07) is 16.2. The van der Waals surface area contributed by atoms with Crippen LogP contribution >= 0.6 is 0 Å². The van der Waals surface area contributed by atoms with Crippen LogP contribution in [0.1, 0.15) is 24.0 Å². The van der Waals surface area contributed by atoms with Gasteiger partial charge in [-0.25, -0.2) is 0 Å². The van der Waals surface area contributed by atoms with E-state index in [1.165, 1.54) is 11.3 Å². The van der Waals surface area contributed by atoms with Crippen molar-refractivity contribution >= 4 is 17.3 Å². The number of benzene rings is 2. The second-order valence-electron chi connectivity index (χ2n) is 8.28. The monoisotopic (exact) mass is 433 g/mol. The lowest BCUT2D eigenvalue weighted by Crippen LogP contribution is -2.42. The third-order valence-electron chi connectivity index (χ3n) is 5.89. The summed E-state index contributed by atoms with van der Waals surface area (Å²) in [4.78, 5) is 14.8. The predicted octanol–water partition coefficient (Wildman–Crippen LogP) is 3.37. The van der Waals surface area contributed by atoms with Crippen molar-refractivity contribution in [2.24, 2.45) is 7.05 Å². The van der Waals surface area contributed by atoms with Crippen LogP contribution in [0.25, 0.3) is 0 Å². The Bertz CT molecular complexity index is 1010. The molecule has 1 aliphatic rings. The molecule has 0 aliphatic carbocycles. The van der Waals surface area contributed by atoms with Gasteiger partial charge in [-0.05, 0) is 54.8 Å². The van der Waals surface area contributed by atoms with Crippen molar-refractivity contribution in [3.63, 3.8) is 0 Å². The van der Waals surface area contributed by atoms with Crippen LogP contribution in [0.3, 0.4) is 0 Å². The maximum Gasteiger partial charge on any atom is 0.228 e. The molecule has 168 valence electrons. The molecular weight excluding hydrogens is 402 g/mol. The van der Waals surface area contributed by atoms with Gasteiger partial charge in [-0.2, -0.15) is 5.10 Å². The molecule has 0 radical (unpaired) electrons. The number of methoxy groups -OCH3 is 1. The van der Waals surface area contributed by atoms with E-state index in [1.54, 1.807) is 7.11 Å². The fourth-order valence-corrected chi connectivity index (χ4v) is 4.06. The van der Waals surface area contributed by atoms with Gasteiger partial charge in [0.05, 0.1) is 19.7 Å². The topological polar surface area (TPSA) is 71.4 Å². The molecule has 2 heterocycles. The number of piperidine rings is 1. The van der Waals surface area contributed by atoms with Gasteiger partial charge in [-0.1, -0.05) is 12.1 Å². The van der Waals surface area contributed by atoms with Crippen LogP contribution in [0.2, 0.25) is 0 Å². The Kier molecular flexibility index (Phi) is 7.07. The molecule has 2 N–H and O–H groups in total. The number of carbonyl (C=O) groups is 1. The maximum atomic E-state index is 12.4. The highest BCUT2D eigenvalue weighted by molar-refractivity contribution is 5.92. The Morgan fingerprint density at radius 1 is 1.06 bits per heavy atom. The Hall–Kier alpha value is -3.32. The van der Waals surface area contributed by atoms with Crippen molar-refractivity contribution in [1.82, 2.24) is 15.1 Å². The largest absolute Gasteiger partial charge is 0.497 e. The third-order valence-corrected chi connectivity index (χ3v) is 5.89. The Labute approximate surface area is 189 Å². The number of ether oxygens (including phenoxy) is 1. The first-order valence-electron chi connectivity index (χ1n) is 11.1. The summed E-state index contributed by atoms with van der Waals surface area (Å²) in [5.41, 5.74) is 4.20. The van der Waals surface area contributed by atoms with Gasteiger partial charge in [0.1, 0.15) is 5.75 Å². The van der Waals surface area contributed by atoms with Crippen molar-refractivity contribution in [1.29, 1.82) is 0 Å². The normalized spacial score (nSPS) is 14.4. The average molecular weight is 434 g/mol. The van der Waals surface area contributed by atoms with E-state index in [0.717, 1.165) is 49.5 Å². The summed E-state index contributed by atoms with van der Waals surface area (Å²) >= 11 is 0. The zero-order valence-electron chi connectivity index (χ0n) is 18.8. The van der Waals surface area contributed by atoms with E-state index >= 15 is 0 Å². The molecule has 2 aromatic carbocycles. The summed E-state index contributed by atoms with van der Waals surface area (Å²) in [5, 5.41) is 10.9. The van der Waals surface area contributed by atoms with Gasteiger partial charge in [0.25, 0.3) is 0 Å². The summed E-state index contributed by atoms with van der Waals surface area (Å²) < 4.78 is 7.00. The van der Waals surface area contributed by atoms with Crippen LogP contribution in [0.5, 0.6) is 5.75 Å². The van der Waals surface area contributed by atoms with Crippen molar-refractivity contribution in [2.75, 3.05) is 30.4 Å². The number of aryl methyl sites for hydroxylation is 1.